The van der Waals surface area contributed by atoms with Crippen molar-refractivity contribution in [3.8, 4) is 16.9 Å². The van der Waals surface area contributed by atoms with E-state index in [0.717, 1.165) is 5.56 Å². The zero-order chi connectivity index (χ0) is 12.3. The van der Waals surface area contributed by atoms with Gasteiger partial charge in [-0.15, -0.1) is 0 Å². The lowest BCUT2D eigenvalue weighted by molar-refractivity contribution is 0.231. The van der Waals surface area contributed by atoms with Crippen LogP contribution in [0.2, 0.25) is 0 Å². The molecule has 0 saturated heterocycles. The van der Waals surface area contributed by atoms with Gasteiger partial charge < -0.3 is 4.74 Å². The van der Waals surface area contributed by atoms with Gasteiger partial charge in [-0.3, -0.25) is 0 Å². The van der Waals surface area contributed by atoms with Crippen LogP contribution in [0.15, 0.2) is 48.5 Å². The highest BCUT2D eigenvalue weighted by molar-refractivity contribution is 5.65. The Labute approximate surface area is 101 Å². The standard InChI is InChI=1S/C15H15FO/c1-11(2)17-14-10-6-9-13(15(14)16)12-7-4-3-5-8-12/h3-11H,1-2H3. The molecule has 0 bridgehead atoms. The van der Waals surface area contributed by atoms with E-state index in [4.69, 9.17) is 4.74 Å². The fourth-order valence-electron chi connectivity index (χ4n) is 1.70. The number of benzene rings is 2. The summed E-state index contributed by atoms with van der Waals surface area (Å²) in [5.74, 6) is 0.00810. The van der Waals surface area contributed by atoms with Crippen LogP contribution in [-0.2, 0) is 0 Å². The van der Waals surface area contributed by atoms with Gasteiger partial charge in [-0.1, -0.05) is 42.5 Å². The highest BCUT2D eigenvalue weighted by Crippen LogP contribution is 2.29. The molecule has 0 radical (unpaired) electrons. The van der Waals surface area contributed by atoms with Crippen molar-refractivity contribution in [2.24, 2.45) is 0 Å². The maximum atomic E-state index is 14.2. The summed E-state index contributed by atoms with van der Waals surface area (Å²) in [7, 11) is 0. The van der Waals surface area contributed by atoms with Crippen LogP contribution in [0.1, 0.15) is 13.8 Å². The van der Waals surface area contributed by atoms with Gasteiger partial charge in [0.2, 0.25) is 0 Å². The van der Waals surface area contributed by atoms with Crippen LogP contribution < -0.4 is 4.74 Å². The Hall–Kier alpha value is -1.83. The van der Waals surface area contributed by atoms with Crippen molar-refractivity contribution in [1.82, 2.24) is 0 Å². The first-order chi connectivity index (χ1) is 8.18. The van der Waals surface area contributed by atoms with E-state index in [1.54, 1.807) is 12.1 Å². The lowest BCUT2D eigenvalue weighted by Gasteiger charge is -2.12. The molecule has 0 spiro atoms. The maximum absolute atomic E-state index is 14.2. The Morgan fingerprint density at radius 3 is 2.29 bits per heavy atom. The molecule has 0 aliphatic rings. The van der Waals surface area contributed by atoms with Crippen LogP contribution in [-0.4, -0.2) is 6.10 Å². The molecule has 88 valence electrons. The molecule has 0 aliphatic carbocycles. The molecule has 0 unspecified atom stereocenters. The van der Waals surface area contributed by atoms with Gasteiger partial charge in [0.05, 0.1) is 6.10 Å². The van der Waals surface area contributed by atoms with Crippen LogP contribution in [0.5, 0.6) is 5.75 Å². The number of ether oxygens (including phenoxy) is 1. The number of hydrogen-bond acceptors (Lipinski definition) is 1. The van der Waals surface area contributed by atoms with Crippen LogP contribution in [0, 0.1) is 5.82 Å². The Balaban J connectivity index is 2.43. The first-order valence-corrected chi connectivity index (χ1v) is 5.69. The van der Waals surface area contributed by atoms with Crippen molar-refractivity contribution >= 4 is 0 Å². The minimum absolute atomic E-state index is 0.0319. The van der Waals surface area contributed by atoms with E-state index < -0.39 is 0 Å². The smallest absolute Gasteiger partial charge is 0.172 e. The lowest BCUT2D eigenvalue weighted by Crippen LogP contribution is -2.07. The zero-order valence-corrected chi connectivity index (χ0v) is 9.98. The summed E-state index contributed by atoms with van der Waals surface area (Å²) in [4.78, 5) is 0. The van der Waals surface area contributed by atoms with E-state index in [2.05, 4.69) is 0 Å². The number of rotatable bonds is 3. The second-order valence-corrected chi connectivity index (χ2v) is 4.15. The maximum Gasteiger partial charge on any atom is 0.172 e. The SMILES string of the molecule is CC(C)Oc1cccc(-c2ccccc2)c1F. The van der Waals surface area contributed by atoms with Crippen molar-refractivity contribution in [3.63, 3.8) is 0 Å². The Morgan fingerprint density at radius 1 is 0.941 bits per heavy atom. The highest BCUT2D eigenvalue weighted by Gasteiger charge is 2.11. The molecular weight excluding hydrogens is 215 g/mol. The third kappa shape index (κ3) is 2.64. The Bertz CT molecular complexity index is 492. The van der Waals surface area contributed by atoms with Gasteiger partial charge >= 0.3 is 0 Å². The second-order valence-electron chi connectivity index (χ2n) is 4.15. The molecule has 2 rings (SSSR count). The summed E-state index contributed by atoms with van der Waals surface area (Å²) >= 11 is 0. The molecule has 2 heteroatoms. The summed E-state index contributed by atoms with van der Waals surface area (Å²) in [6.45, 7) is 3.77. The van der Waals surface area contributed by atoms with Crippen molar-refractivity contribution in [1.29, 1.82) is 0 Å². The summed E-state index contributed by atoms with van der Waals surface area (Å²) in [5, 5.41) is 0. The van der Waals surface area contributed by atoms with E-state index in [-0.39, 0.29) is 11.9 Å². The Morgan fingerprint density at radius 2 is 1.65 bits per heavy atom. The first kappa shape index (κ1) is 11.6. The molecule has 0 saturated carbocycles. The van der Waals surface area contributed by atoms with Gasteiger partial charge in [0.15, 0.2) is 11.6 Å². The van der Waals surface area contributed by atoms with Crippen LogP contribution in [0.25, 0.3) is 11.1 Å². The molecule has 0 fully saturated rings. The molecule has 2 aromatic rings. The van der Waals surface area contributed by atoms with Crippen molar-refractivity contribution in [2.45, 2.75) is 20.0 Å². The molecule has 0 amide bonds. The average molecular weight is 230 g/mol. The minimum atomic E-state index is -0.299. The van der Waals surface area contributed by atoms with E-state index >= 15 is 0 Å². The predicted octanol–water partition coefficient (Wildman–Crippen LogP) is 4.28. The van der Waals surface area contributed by atoms with E-state index in [9.17, 15) is 4.39 Å². The van der Waals surface area contributed by atoms with Crippen LogP contribution in [0.4, 0.5) is 4.39 Å². The third-order valence-electron chi connectivity index (χ3n) is 2.41. The fourth-order valence-corrected chi connectivity index (χ4v) is 1.70. The number of hydrogen-bond donors (Lipinski definition) is 0. The average Bonchev–Trinajstić information content (AvgIpc) is 2.32. The summed E-state index contributed by atoms with van der Waals surface area (Å²) in [6.07, 6.45) is -0.0319. The third-order valence-corrected chi connectivity index (χ3v) is 2.41. The van der Waals surface area contributed by atoms with Crippen molar-refractivity contribution in [2.75, 3.05) is 0 Å². The normalized spacial score (nSPS) is 10.6. The minimum Gasteiger partial charge on any atom is -0.488 e. The van der Waals surface area contributed by atoms with E-state index in [0.29, 0.717) is 11.3 Å². The summed E-state index contributed by atoms with van der Waals surface area (Å²) in [5.41, 5.74) is 1.43. The Kier molecular flexibility index (Phi) is 3.43. The molecular formula is C15H15FO. The summed E-state index contributed by atoms with van der Waals surface area (Å²) in [6, 6.07) is 14.7. The molecule has 2 aromatic carbocycles. The van der Waals surface area contributed by atoms with Crippen LogP contribution >= 0.6 is 0 Å². The fraction of sp³-hybridized carbons (Fsp3) is 0.200. The monoisotopic (exact) mass is 230 g/mol. The molecule has 17 heavy (non-hydrogen) atoms. The van der Waals surface area contributed by atoms with Gasteiger partial charge in [-0.05, 0) is 25.5 Å². The largest absolute Gasteiger partial charge is 0.488 e. The number of halogens is 1. The zero-order valence-electron chi connectivity index (χ0n) is 9.98. The molecule has 0 aliphatic heterocycles. The molecule has 1 nitrogen and oxygen atoms in total. The quantitative estimate of drug-likeness (QED) is 0.764. The lowest BCUT2D eigenvalue weighted by atomic mass is 10.0. The topological polar surface area (TPSA) is 9.23 Å². The predicted molar refractivity (Wildman–Crippen MR) is 67.6 cm³/mol. The van der Waals surface area contributed by atoms with Gasteiger partial charge in [-0.2, -0.15) is 0 Å². The van der Waals surface area contributed by atoms with Crippen LogP contribution in [0.3, 0.4) is 0 Å². The van der Waals surface area contributed by atoms with E-state index in [1.165, 1.54) is 0 Å². The highest BCUT2D eigenvalue weighted by atomic mass is 19.1. The van der Waals surface area contributed by atoms with Gasteiger partial charge in [0, 0.05) is 5.56 Å². The molecule has 0 N–H and O–H groups in total. The first-order valence-electron chi connectivity index (χ1n) is 5.69. The van der Waals surface area contributed by atoms with Crippen molar-refractivity contribution in [3.05, 3.63) is 54.3 Å². The van der Waals surface area contributed by atoms with Gasteiger partial charge in [0.25, 0.3) is 0 Å². The second kappa shape index (κ2) is 5.00. The van der Waals surface area contributed by atoms with E-state index in [1.807, 2.05) is 50.2 Å². The molecule has 0 atom stereocenters. The summed E-state index contributed by atoms with van der Waals surface area (Å²) < 4.78 is 19.6. The molecule has 0 aromatic heterocycles. The molecule has 0 heterocycles. The van der Waals surface area contributed by atoms with Crippen molar-refractivity contribution < 1.29 is 9.13 Å². The van der Waals surface area contributed by atoms with Gasteiger partial charge in [0.1, 0.15) is 0 Å². The van der Waals surface area contributed by atoms with Gasteiger partial charge in [-0.25, -0.2) is 4.39 Å².